The number of rotatable bonds is 4. The summed E-state index contributed by atoms with van der Waals surface area (Å²) in [5.41, 5.74) is -0.774. The Morgan fingerprint density at radius 2 is 1.81 bits per heavy atom. The summed E-state index contributed by atoms with van der Waals surface area (Å²) < 4.78 is 5.02. The molecule has 3 rings (SSSR count). The van der Waals surface area contributed by atoms with Gasteiger partial charge in [-0.05, 0) is 32.6 Å². The third-order valence-electron chi connectivity index (χ3n) is 5.96. The van der Waals surface area contributed by atoms with E-state index >= 15 is 0 Å². The quantitative estimate of drug-likeness (QED) is 0.765. The second-order valence-electron chi connectivity index (χ2n) is 7.65. The fourth-order valence-corrected chi connectivity index (χ4v) is 4.29. The van der Waals surface area contributed by atoms with Crippen LogP contribution in [0, 0.1) is 5.92 Å². The molecule has 1 aliphatic carbocycles. The number of nitrogens with one attached hydrogen (secondary N) is 1. The first-order valence-corrected chi connectivity index (χ1v) is 9.74. The molecule has 0 spiro atoms. The lowest BCUT2D eigenvalue weighted by molar-refractivity contribution is -0.134. The standard InChI is InChI=1S/C18H30N4O4/c1-3-26-17(25)21-11-9-20(10-12-21)13-22-15(23)18(2,19-16(22)24)14-7-5-4-6-8-14/h14H,3-13H2,1-2H3,(H,19,24). The molecule has 0 radical (unpaired) electrons. The van der Waals surface area contributed by atoms with Gasteiger partial charge in [0.2, 0.25) is 0 Å². The van der Waals surface area contributed by atoms with Crippen molar-refractivity contribution in [2.24, 2.45) is 5.92 Å². The fraction of sp³-hybridized carbons (Fsp3) is 0.833. The van der Waals surface area contributed by atoms with E-state index in [0.29, 0.717) is 32.8 Å². The van der Waals surface area contributed by atoms with Crippen molar-refractivity contribution < 1.29 is 19.1 Å². The van der Waals surface area contributed by atoms with Gasteiger partial charge in [0.05, 0.1) is 13.3 Å². The van der Waals surface area contributed by atoms with Crippen molar-refractivity contribution in [3.05, 3.63) is 0 Å². The predicted molar refractivity (Wildman–Crippen MR) is 95.4 cm³/mol. The number of carbonyl (C=O) groups excluding carboxylic acids is 3. The number of piperazine rings is 1. The van der Waals surface area contributed by atoms with E-state index in [1.807, 2.05) is 11.8 Å². The summed E-state index contributed by atoms with van der Waals surface area (Å²) in [5, 5.41) is 2.96. The summed E-state index contributed by atoms with van der Waals surface area (Å²) in [6.07, 6.45) is 5.15. The highest BCUT2D eigenvalue weighted by Gasteiger charge is 2.52. The lowest BCUT2D eigenvalue weighted by atomic mass is 9.75. The van der Waals surface area contributed by atoms with Crippen LogP contribution in [-0.2, 0) is 9.53 Å². The number of ether oxygens (including phenoxy) is 1. The van der Waals surface area contributed by atoms with E-state index < -0.39 is 5.54 Å². The van der Waals surface area contributed by atoms with Crippen LogP contribution in [0.25, 0.3) is 0 Å². The van der Waals surface area contributed by atoms with E-state index in [0.717, 1.165) is 25.7 Å². The Bertz CT molecular complexity index is 555. The van der Waals surface area contributed by atoms with E-state index in [-0.39, 0.29) is 30.6 Å². The van der Waals surface area contributed by atoms with Gasteiger partial charge in [0.25, 0.3) is 5.91 Å². The van der Waals surface area contributed by atoms with Crippen LogP contribution >= 0.6 is 0 Å². The number of hydrogen-bond donors (Lipinski definition) is 1. The van der Waals surface area contributed by atoms with Crippen LogP contribution < -0.4 is 5.32 Å². The summed E-state index contributed by atoms with van der Waals surface area (Å²) in [7, 11) is 0. The Morgan fingerprint density at radius 1 is 1.15 bits per heavy atom. The highest BCUT2D eigenvalue weighted by Crippen LogP contribution is 2.36. The zero-order chi connectivity index (χ0) is 18.7. The summed E-state index contributed by atoms with van der Waals surface area (Å²) in [5.74, 6) is 0.112. The molecule has 0 aromatic carbocycles. The Labute approximate surface area is 154 Å². The number of imide groups is 1. The Balaban J connectivity index is 1.56. The summed E-state index contributed by atoms with van der Waals surface area (Å²) >= 11 is 0. The van der Waals surface area contributed by atoms with Gasteiger partial charge in [-0.1, -0.05) is 19.3 Å². The molecule has 146 valence electrons. The molecule has 8 nitrogen and oxygen atoms in total. The minimum atomic E-state index is -0.774. The SMILES string of the molecule is CCOC(=O)N1CCN(CN2C(=O)NC(C)(C3CCCCC3)C2=O)CC1. The first kappa shape index (κ1) is 18.9. The van der Waals surface area contributed by atoms with Crippen molar-refractivity contribution in [1.29, 1.82) is 0 Å². The lowest BCUT2D eigenvalue weighted by Gasteiger charge is -2.36. The number of carbonyl (C=O) groups is 3. The summed E-state index contributed by atoms with van der Waals surface area (Å²) in [6, 6.07) is -0.295. The summed E-state index contributed by atoms with van der Waals surface area (Å²) in [6.45, 7) is 6.64. The maximum atomic E-state index is 13.0. The Morgan fingerprint density at radius 3 is 2.42 bits per heavy atom. The molecule has 2 aliphatic heterocycles. The average molecular weight is 366 g/mol. The molecule has 3 aliphatic rings. The Hall–Kier alpha value is -1.83. The molecule has 1 unspecified atom stereocenters. The van der Waals surface area contributed by atoms with Crippen molar-refractivity contribution in [3.8, 4) is 0 Å². The maximum absolute atomic E-state index is 13.0. The molecule has 1 atom stereocenters. The molecule has 0 aromatic heterocycles. The van der Waals surface area contributed by atoms with Crippen LogP contribution in [0.2, 0.25) is 0 Å². The first-order valence-electron chi connectivity index (χ1n) is 9.74. The second-order valence-corrected chi connectivity index (χ2v) is 7.65. The van der Waals surface area contributed by atoms with Gasteiger partial charge in [0, 0.05) is 26.2 Å². The smallest absolute Gasteiger partial charge is 0.409 e. The molecule has 1 saturated carbocycles. The van der Waals surface area contributed by atoms with Crippen molar-refractivity contribution in [1.82, 2.24) is 20.0 Å². The van der Waals surface area contributed by atoms with Crippen molar-refractivity contribution >= 4 is 18.0 Å². The fourth-order valence-electron chi connectivity index (χ4n) is 4.29. The number of hydrogen-bond acceptors (Lipinski definition) is 5. The maximum Gasteiger partial charge on any atom is 0.409 e. The van der Waals surface area contributed by atoms with Gasteiger partial charge in [0.15, 0.2) is 0 Å². The number of nitrogens with zero attached hydrogens (tertiary/aromatic N) is 3. The van der Waals surface area contributed by atoms with Crippen LogP contribution in [0.4, 0.5) is 9.59 Å². The van der Waals surface area contributed by atoms with Crippen LogP contribution in [0.1, 0.15) is 46.0 Å². The van der Waals surface area contributed by atoms with Crippen LogP contribution in [0.5, 0.6) is 0 Å². The van der Waals surface area contributed by atoms with E-state index in [9.17, 15) is 14.4 Å². The molecule has 1 N–H and O–H groups in total. The lowest BCUT2D eigenvalue weighted by Crippen LogP contribution is -2.54. The third kappa shape index (κ3) is 3.65. The minimum absolute atomic E-state index is 0.109. The van der Waals surface area contributed by atoms with E-state index in [2.05, 4.69) is 5.32 Å². The zero-order valence-electron chi connectivity index (χ0n) is 15.8. The van der Waals surface area contributed by atoms with Gasteiger partial charge in [-0.25, -0.2) is 14.5 Å². The molecule has 26 heavy (non-hydrogen) atoms. The van der Waals surface area contributed by atoms with Crippen molar-refractivity contribution in [2.75, 3.05) is 39.5 Å². The molecule has 2 saturated heterocycles. The second kappa shape index (κ2) is 7.82. The normalized spacial score (nSPS) is 28.4. The van der Waals surface area contributed by atoms with Crippen LogP contribution in [0.3, 0.4) is 0 Å². The highest BCUT2D eigenvalue weighted by molar-refractivity contribution is 6.07. The molecule has 3 fully saturated rings. The molecule has 2 heterocycles. The van der Waals surface area contributed by atoms with E-state index in [1.54, 1.807) is 11.8 Å². The van der Waals surface area contributed by atoms with Crippen molar-refractivity contribution in [3.63, 3.8) is 0 Å². The van der Waals surface area contributed by atoms with Gasteiger partial charge in [-0.2, -0.15) is 0 Å². The van der Waals surface area contributed by atoms with Crippen molar-refractivity contribution in [2.45, 2.75) is 51.5 Å². The first-order chi connectivity index (χ1) is 12.5. The third-order valence-corrected chi connectivity index (χ3v) is 5.96. The zero-order valence-corrected chi connectivity index (χ0v) is 15.8. The predicted octanol–water partition coefficient (Wildman–Crippen LogP) is 1.61. The molecular formula is C18H30N4O4. The molecule has 8 heteroatoms. The topological polar surface area (TPSA) is 82.2 Å². The van der Waals surface area contributed by atoms with Gasteiger partial charge in [-0.15, -0.1) is 0 Å². The number of amides is 4. The average Bonchev–Trinajstić information content (AvgIpc) is 2.87. The number of urea groups is 1. The Kier molecular flexibility index (Phi) is 5.70. The van der Waals surface area contributed by atoms with Crippen LogP contribution in [0.15, 0.2) is 0 Å². The largest absolute Gasteiger partial charge is 0.450 e. The van der Waals surface area contributed by atoms with Gasteiger partial charge >= 0.3 is 12.1 Å². The molecule has 0 aromatic rings. The van der Waals surface area contributed by atoms with Gasteiger partial charge in [0.1, 0.15) is 5.54 Å². The molecular weight excluding hydrogens is 336 g/mol. The monoisotopic (exact) mass is 366 g/mol. The van der Waals surface area contributed by atoms with E-state index in [1.165, 1.54) is 11.3 Å². The van der Waals surface area contributed by atoms with Gasteiger partial charge < -0.3 is 15.0 Å². The van der Waals surface area contributed by atoms with Gasteiger partial charge in [-0.3, -0.25) is 9.69 Å². The molecule has 0 bridgehead atoms. The van der Waals surface area contributed by atoms with E-state index in [4.69, 9.17) is 4.74 Å². The minimum Gasteiger partial charge on any atom is -0.450 e. The molecule has 4 amide bonds. The highest BCUT2D eigenvalue weighted by atomic mass is 16.6. The van der Waals surface area contributed by atoms with Crippen LogP contribution in [-0.4, -0.2) is 77.7 Å². The summed E-state index contributed by atoms with van der Waals surface area (Å²) in [4.78, 5) is 42.3.